The van der Waals surface area contributed by atoms with E-state index in [1.807, 2.05) is 76.3 Å². The first-order valence-corrected chi connectivity index (χ1v) is 15.5. The second kappa shape index (κ2) is 11.9. The number of hydrogen-bond donors (Lipinski definition) is 1. The van der Waals surface area contributed by atoms with Crippen molar-refractivity contribution in [3.05, 3.63) is 59.1 Å². The summed E-state index contributed by atoms with van der Waals surface area (Å²) < 4.78 is 5.26. The van der Waals surface area contributed by atoms with E-state index < -0.39 is 16.9 Å². The van der Waals surface area contributed by atoms with E-state index >= 15 is 4.79 Å². The van der Waals surface area contributed by atoms with Crippen LogP contribution in [0.4, 0.5) is 5.69 Å². The summed E-state index contributed by atoms with van der Waals surface area (Å²) in [5, 5.41) is 3.43. The van der Waals surface area contributed by atoms with Gasteiger partial charge in [-0.3, -0.25) is 19.0 Å². The number of likely N-dealkylation sites (tertiary alicyclic amines) is 2. The summed E-state index contributed by atoms with van der Waals surface area (Å²) in [5.41, 5.74) is -0.0289. The number of quaternary nitrogens is 1. The summed E-state index contributed by atoms with van der Waals surface area (Å²) in [6.45, 7) is 13.8. The molecule has 4 atom stereocenters. The van der Waals surface area contributed by atoms with Crippen molar-refractivity contribution >= 4 is 35.0 Å². The molecule has 0 aromatic heterocycles. The van der Waals surface area contributed by atoms with Crippen molar-refractivity contribution in [3.8, 4) is 5.75 Å². The highest BCUT2D eigenvalue weighted by molar-refractivity contribution is 6.30. The minimum atomic E-state index is -0.841. The summed E-state index contributed by atoms with van der Waals surface area (Å²) in [5.74, 6) is 0.419. The van der Waals surface area contributed by atoms with Crippen LogP contribution < -0.4 is 15.0 Å². The smallest absolute Gasteiger partial charge is 0.326 e. The van der Waals surface area contributed by atoms with Gasteiger partial charge in [0.2, 0.25) is 5.91 Å². The molecule has 1 unspecified atom stereocenters. The van der Waals surface area contributed by atoms with Gasteiger partial charge in [0, 0.05) is 48.2 Å². The lowest BCUT2D eigenvalue weighted by Crippen LogP contribution is -2.64. The molecule has 8 nitrogen and oxygen atoms in total. The molecule has 0 saturated carbocycles. The van der Waals surface area contributed by atoms with Crippen molar-refractivity contribution in [2.24, 2.45) is 5.41 Å². The number of halogens is 1. The number of carbonyl (C=O) groups is 3. The van der Waals surface area contributed by atoms with Gasteiger partial charge in [0.25, 0.3) is 5.91 Å². The quantitative estimate of drug-likeness (QED) is 0.464. The molecule has 2 heterocycles. The second-order valence-corrected chi connectivity index (χ2v) is 14.8. The number of ether oxygens (including phenoxy) is 1. The van der Waals surface area contributed by atoms with Crippen molar-refractivity contribution in [1.29, 1.82) is 0 Å². The Morgan fingerprint density at radius 3 is 2.12 bits per heavy atom. The Morgan fingerprint density at radius 2 is 1.63 bits per heavy atom. The van der Waals surface area contributed by atoms with Crippen molar-refractivity contribution in [3.63, 3.8) is 0 Å². The maximum Gasteiger partial charge on any atom is 0.326 e. The number of amides is 3. The van der Waals surface area contributed by atoms with Gasteiger partial charge in [-0.15, -0.1) is 0 Å². The fraction of sp³-hybridized carbons (Fsp3) is 0.559. The standard InChI is InChI=1S/C34H47ClN4O4/c1-32(2,3)30(41)38(25-14-16-27(43-9)17-15-25)26-20-28(29(40)36-7)39(8,21-26)31(42)34(23-10-12-24(35)13-11-23)18-19-37(22-34)33(4,5)6/h10-17,26,28H,18-22H2,1-9H3/p+1/t26-,28-,34+,39?/m0/s1. The lowest BCUT2D eigenvalue weighted by atomic mass is 9.77. The van der Waals surface area contributed by atoms with Gasteiger partial charge in [-0.05, 0) is 69.2 Å². The third kappa shape index (κ3) is 6.19. The number of hydrogen-bond acceptors (Lipinski definition) is 5. The van der Waals surface area contributed by atoms with E-state index in [0.29, 0.717) is 36.7 Å². The zero-order chi connectivity index (χ0) is 32.0. The molecule has 2 aliphatic rings. The zero-order valence-electron chi connectivity index (χ0n) is 27.2. The molecule has 1 N–H and O–H groups in total. The first-order valence-electron chi connectivity index (χ1n) is 15.1. The van der Waals surface area contributed by atoms with Crippen molar-refractivity contribution in [2.45, 2.75) is 77.4 Å². The first-order chi connectivity index (χ1) is 20.0. The molecular formula is C34H48ClN4O4+. The van der Waals surface area contributed by atoms with Crippen LogP contribution in [0.5, 0.6) is 5.75 Å². The van der Waals surface area contributed by atoms with E-state index in [1.54, 1.807) is 19.1 Å². The molecule has 2 aliphatic heterocycles. The Bertz CT molecular complexity index is 1350. The molecule has 2 aromatic carbocycles. The number of rotatable bonds is 6. The molecule has 0 aliphatic carbocycles. The Kier molecular flexibility index (Phi) is 9.09. The van der Waals surface area contributed by atoms with Crippen molar-refractivity contribution in [1.82, 2.24) is 10.2 Å². The van der Waals surface area contributed by atoms with Gasteiger partial charge in [0.05, 0.1) is 20.2 Å². The molecule has 234 valence electrons. The number of carbonyl (C=O) groups excluding carboxylic acids is 3. The van der Waals surface area contributed by atoms with Crippen LogP contribution in [0.25, 0.3) is 0 Å². The predicted octanol–water partition coefficient (Wildman–Crippen LogP) is 5.03. The van der Waals surface area contributed by atoms with Gasteiger partial charge in [0.15, 0.2) is 6.04 Å². The SMILES string of the molecule is CNC(=O)[C@@H]1C[C@H](N(C(=O)C(C)(C)C)c2ccc(OC)cc2)C[N+]1(C)C(=O)[C@]1(c2ccc(Cl)cc2)CCN(C(C)(C)C)C1. The van der Waals surface area contributed by atoms with Gasteiger partial charge in [-0.25, -0.2) is 4.79 Å². The minimum Gasteiger partial charge on any atom is -0.497 e. The molecule has 0 radical (unpaired) electrons. The third-order valence-electron chi connectivity index (χ3n) is 9.39. The van der Waals surface area contributed by atoms with Crippen LogP contribution in [0.2, 0.25) is 5.02 Å². The van der Waals surface area contributed by atoms with Gasteiger partial charge in [-0.1, -0.05) is 44.5 Å². The predicted molar refractivity (Wildman–Crippen MR) is 171 cm³/mol. The van der Waals surface area contributed by atoms with E-state index in [-0.39, 0.29) is 33.8 Å². The number of anilines is 1. The van der Waals surface area contributed by atoms with E-state index in [2.05, 4.69) is 31.0 Å². The molecule has 4 rings (SSSR count). The zero-order valence-corrected chi connectivity index (χ0v) is 27.9. The van der Waals surface area contributed by atoms with Crippen LogP contribution >= 0.6 is 11.6 Å². The number of likely N-dealkylation sites (N-methyl/N-ethyl adjacent to an activating group) is 2. The molecular weight excluding hydrogens is 564 g/mol. The molecule has 0 bridgehead atoms. The highest BCUT2D eigenvalue weighted by Crippen LogP contribution is 2.44. The van der Waals surface area contributed by atoms with Gasteiger partial charge >= 0.3 is 5.91 Å². The van der Waals surface area contributed by atoms with Crippen molar-refractivity contribution in [2.75, 3.05) is 45.7 Å². The topological polar surface area (TPSA) is 79.0 Å². The summed E-state index contributed by atoms with van der Waals surface area (Å²) in [4.78, 5) is 47.0. The van der Waals surface area contributed by atoms with Crippen LogP contribution in [0, 0.1) is 5.41 Å². The molecule has 9 heteroatoms. The number of methoxy groups -OCH3 is 1. The Hall–Kier alpha value is -2.94. The highest BCUT2D eigenvalue weighted by Gasteiger charge is 2.62. The summed E-state index contributed by atoms with van der Waals surface area (Å²) in [6, 6.07) is 13.9. The Morgan fingerprint density at radius 1 is 1.02 bits per heavy atom. The van der Waals surface area contributed by atoms with E-state index in [4.69, 9.17) is 16.3 Å². The molecule has 0 spiro atoms. The summed E-state index contributed by atoms with van der Waals surface area (Å²) >= 11 is 6.28. The van der Waals surface area contributed by atoms with Crippen LogP contribution in [0.15, 0.2) is 48.5 Å². The van der Waals surface area contributed by atoms with Crippen LogP contribution in [-0.4, -0.2) is 85.6 Å². The largest absolute Gasteiger partial charge is 0.497 e. The Labute approximate surface area is 261 Å². The average Bonchev–Trinajstić information content (AvgIpc) is 3.56. The summed E-state index contributed by atoms with van der Waals surface area (Å²) in [7, 11) is 5.10. The Balaban J connectivity index is 1.83. The lowest BCUT2D eigenvalue weighted by molar-refractivity contribution is -0.839. The fourth-order valence-corrected chi connectivity index (χ4v) is 6.97. The number of benzene rings is 2. The molecule has 2 saturated heterocycles. The normalized spacial score (nSPS) is 26.3. The van der Waals surface area contributed by atoms with E-state index in [0.717, 1.165) is 17.8 Å². The minimum absolute atomic E-state index is 0.00411. The second-order valence-electron chi connectivity index (χ2n) is 14.3. The maximum atomic E-state index is 15.2. The number of nitrogens with one attached hydrogen (secondary N) is 1. The molecule has 2 fully saturated rings. The van der Waals surface area contributed by atoms with Crippen LogP contribution in [0.1, 0.15) is 59.9 Å². The average molecular weight is 612 g/mol. The van der Waals surface area contributed by atoms with Gasteiger partial charge < -0.3 is 15.0 Å². The lowest BCUT2D eigenvalue weighted by Gasteiger charge is -2.41. The van der Waals surface area contributed by atoms with Crippen molar-refractivity contribution < 1.29 is 23.6 Å². The van der Waals surface area contributed by atoms with Crippen LogP contribution in [0.3, 0.4) is 0 Å². The summed E-state index contributed by atoms with van der Waals surface area (Å²) in [6.07, 6.45) is 0.988. The maximum absolute atomic E-state index is 15.2. The van der Waals surface area contributed by atoms with Gasteiger partial charge in [0.1, 0.15) is 17.7 Å². The third-order valence-corrected chi connectivity index (χ3v) is 9.64. The fourth-order valence-electron chi connectivity index (χ4n) is 6.85. The van der Waals surface area contributed by atoms with Crippen LogP contribution in [-0.2, 0) is 19.8 Å². The van der Waals surface area contributed by atoms with Gasteiger partial charge in [-0.2, -0.15) is 0 Å². The molecule has 3 amide bonds. The van der Waals surface area contributed by atoms with E-state index in [1.165, 1.54) is 0 Å². The number of nitrogens with zero attached hydrogens (tertiary/aromatic N) is 3. The monoisotopic (exact) mass is 611 g/mol. The highest BCUT2D eigenvalue weighted by atomic mass is 35.5. The molecule has 2 aromatic rings. The molecule has 43 heavy (non-hydrogen) atoms. The van der Waals surface area contributed by atoms with E-state index in [9.17, 15) is 9.59 Å². The first kappa shape index (κ1) is 33.0.